The van der Waals surface area contributed by atoms with Gasteiger partial charge < -0.3 is 20.2 Å². The fraction of sp³-hybridized carbons (Fsp3) is 0.500. The molecule has 0 aliphatic carbocycles. The third-order valence-electron chi connectivity index (χ3n) is 5.14. The van der Waals surface area contributed by atoms with Crippen molar-refractivity contribution >= 4 is 23.6 Å². The molecular weight excluding hydrogens is 379 g/mol. The Balaban J connectivity index is 1.75. The molecule has 0 bridgehead atoms. The fourth-order valence-corrected chi connectivity index (χ4v) is 3.61. The van der Waals surface area contributed by atoms with Gasteiger partial charge in [0.2, 0.25) is 0 Å². The van der Waals surface area contributed by atoms with Gasteiger partial charge in [0.1, 0.15) is 0 Å². The predicted octanol–water partition coefficient (Wildman–Crippen LogP) is 2.65. The van der Waals surface area contributed by atoms with Crippen LogP contribution in [0.1, 0.15) is 23.2 Å². The Bertz CT molecular complexity index is 778. The number of likely N-dealkylation sites (tertiary alicyclic amines) is 2. The number of rotatable bonds is 3. The maximum absolute atomic E-state index is 13.1. The van der Waals surface area contributed by atoms with E-state index in [1.807, 2.05) is 0 Å². The summed E-state index contributed by atoms with van der Waals surface area (Å²) < 4.78 is 39.3. The van der Waals surface area contributed by atoms with Crippen LogP contribution in [0.3, 0.4) is 0 Å². The van der Waals surface area contributed by atoms with Crippen molar-refractivity contribution in [2.75, 3.05) is 31.5 Å². The Hall–Kier alpha value is -2.78. The van der Waals surface area contributed by atoms with Crippen molar-refractivity contribution in [1.29, 1.82) is 0 Å². The molecule has 2 aliphatic heterocycles. The number of anilines is 1. The first-order valence-corrected chi connectivity index (χ1v) is 8.92. The van der Waals surface area contributed by atoms with Crippen LogP contribution in [-0.2, 0) is 4.79 Å². The van der Waals surface area contributed by atoms with Crippen LogP contribution >= 0.6 is 0 Å². The fourth-order valence-electron chi connectivity index (χ4n) is 3.61. The van der Waals surface area contributed by atoms with Crippen molar-refractivity contribution in [3.63, 3.8) is 0 Å². The molecule has 2 aliphatic rings. The highest BCUT2D eigenvalue weighted by Crippen LogP contribution is 2.38. The summed E-state index contributed by atoms with van der Waals surface area (Å²) in [4.78, 5) is 38.8. The van der Waals surface area contributed by atoms with Crippen LogP contribution in [0.25, 0.3) is 0 Å². The average Bonchev–Trinajstić information content (AvgIpc) is 3.31. The highest BCUT2D eigenvalue weighted by atomic mass is 19.4. The number of hydrogen-bond acceptors (Lipinski definition) is 3. The van der Waals surface area contributed by atoms with E-state index >= 15 is 0 Å². The van der Waals surface area contributed by atoms with Crippen molar-refractivity contribution < 1.29 is 32.7 Å². The van der Waals surface area contributed by atoms with Gasteiger partial charge in [0.15, 0.2) is 0 Å². The summed E-state index contributed by atoms with van der Waals surface area (Å²) in [5.41, 5.74) is 0.436. The molecule has 152 valence electrons. The average molecular weight is 399 g/mol. The molecule has 0 saturated carbocycles. The lowest BCUT2D eigenvalue weighted by molar-refractivity contribution is -0.187. The maximum Gasteiger partial charge on any atom is 0.394 e. The quantitative estimate of drug-likeness (QED) is 0.818. The monoisotopic (exact) mass is 399 g/mol. The minimum absolute atomic E-state index is 0.187. The summed E-state index contributed by atoms with van der Waals surface area (Å²) in [5, 5.41) is 11.5. The molecule has 1 aromatic carbocycles. The van der Waals surface area contributed by atoms with Crippen LogP contribution in [-0.4, -0.2) is 65.2 Å². The Labute approximate surface area is 159 Å². The number of carbonyl (C=O) groups excluding carboxylic acids is 2. The van der Waals surface area contributed by atoms with Gasteiger partial charge in [-0.25, -0.2) is 4.79 Å². The molecular formula is C18H20F3N3O4. The normalized spacial score (nSPS) is 22.4. The number of carbonyl (C=O) groups is 3. The van der Waals surface area contributed by atoms with Crippen LogP contribution in [0.4, 0.5) is 23.7 Å². The molecule has 2 fully saturated rings. The number of nitrogens with one attached hydrogen (secondary N) is 1. The zero-order valence-electron chi connectivity index (χ0n) is 14.9. The number of aliphatic carboxylic acids is 1. The number of alkyl halides is 3. The second kappa shape index (κ2) is 7.69. The number of benzene rings is 1. The van der Waals surface area contributed by atoms with Crippen LogP contribution in [0, 0.1) is 11.8 Å². The molecule has 2 saturated heterocycles. The molecule has 10 heteroatoms. The summed E-state index contributed by atoms with van der Waals surface area (Å²) in [6.45, 7) is -0.0658. The minimum Gasteiger partial charge on any atom is -0.481 e. The number of nitrogens with zero attached hydrogens (tertiary/aromatic N) is 2. The Morgan fingerprint density at radius 3 is 2.25 bits per heavy atom. The predicted molar refractivity (Wildman–Crippen MR) is 92.8 cm³/mol. The molecule has 1 aromatic rings. The van der Waals surface area contributed by atoms with Gasteiger partial charge in [0.25, 0.3) is 5.91 Å². The number of para-hydroxylation sites is 1. The van der Waals surface area contributed by atoms with Gasteiger partial charge in [-0.1, -0.05) is 12.1 Å². The van der Waals surface area contributed by atoms with Gasteiger partial charge in [-0.05, 0) is 25.0 Å². The molecule has 3 amide bonds. The van der Waals surface area contributed by atoms with E-state index in [9.17, 15) is 27.6 Å². The molecule has 0 radical (unpaired) electrons. The van der Waals surface area contributed by atoms with Gasteiger partial charge >= 0.3 is 18.2 Å². The lowest BCUT2D eigenvalue weighted by Crippen LogP contribution is -2.36. The van der Waals surface area contributed by atoms with Crippen molar-refractivity contribution in [2.45, 2.75) is 19.0 Å². The molecule has 2 N–H and O–H groups in total. The smallest absolute Gasteiger partial charge is 0.394 e. The highest BCUT2D eigenvalue weighted by molar-refractivity contribution is 6.03. The minimum atomic E-state index is -4.72. The van der Waals surface area contributed by atoms with Crippen molar-refractivity contribution in [1.82, 2.24) is 9.80 Å². The largest absolute Gasteiger partial charge is 0.481 e. The Morgan fingerprint density at radius 2 is 1.68 bits per heavy atom. The topological polar surface area (TPSA) is 90.0 Å². The number of halogens is 3. The van der Waals surface area contributed by atoms with E-state index in [1.54, 1.807) is 23.1 Å². The second-order valence-electron chi connectivity index (χ2n) is 6.97. The molecule has 3 rings (SSSR count). The SMILES string of the molecule is O=C(O)[C@@H]1CN(C(=O)Nc2ccccc2C(=O)N2CCCC2)C[C@H]1C(F)(F)F. The third kappa shape index (κ3) is 4.05. The van der Waals surface area contributed by atoms with E-state index < -0.39 is 43.1 Å². The van der Waals surface area contributed by atoms with Crippen LogP contribution < -0.4 is 5.32 Å². The summed E-state index contributed by atoms with van der Waals surface area (Å²) in [5.74, 6) is -5.70. The van der Waals surface area contributed by atoms with Gasteiger partial charge in [-0.3, -0.25) is 9.59 Å². The van der Waals surface area contributed by atoms with Gasteiger partial charge in [-0.15, -0.1) is 0 Å². The summed E-state index contributed by atoms with van der Waals surface area (Å²) in [6, 6.07) is 5.40. The third-order valence-corrected chi connectivity index (χ3v) is 5.14. The maximum atomic E-state index is 13.1. The number of hydrogen-bond donors (Lipinski definition) is 2. The van der Waals surface area contributed by atoms with Crippen LogP contribution in [0.2, 0.25) is 0 Å². The van der Waals surface area contributed by atoms with Crippen molar-refractivity contribution in [3.05, 3.63) is 29.8 Å². The summed E-state index contributed by atoms with van der Waals surface area (Å²) >= 11 is 0. The molecule has 0 unspecified atom stereocenters. The van der Waals surface area contributed by atoms with Crippen LogP contribution in [0.5, 0.6) is 0 Å². The van der Waals surface area contributed by atoms with E-state index in [0.29, 0.717) is 13.1 Å². The van der Waals surface area contributed by atoms with Gasteiger partial charge in [-0.2, -0.15) is 13.2 Å². The lowest BCUT2D eigenvalue weighted by atomic mass is 9.96. The molecule has 0 spiro atoms. The second-order valence-corrected chi connectivity index (χ2v) is 6.97. The highest BCUT2D eigenvalue weighted by Gasteiger charge is 2.53. The Kier molecular flexibility index (Phi) is 5.48. The molecule has 28 heavy (non-hydrogen) atoms. The number of carboxylic acids is 1. The first kappa shape index (κ1) is 20.0. The standard InChI is InChI=1S/C18H20F3N3O4/c19-18(20,21)13-10-24(9-12(13)16(26)27)17(28)22-14-6-2-1-5-11(14)15(25)23-7-3-4-8-23/h1-2,5-6,12-13H,3-4,7-10H2,(H,22,28)(H,26,27)/t12-,13-/m1/s1. The number of amides is 3. The zero-order valence-corrected chi connectivity index (χ0v) is 14.9. The van der Waals surface area contributed by atoms with Crippen molar-refractivity contribution in [3.8, 4) is 0 Å². The van der Waals surface area contributed by atoms with E-state index in [1.165, 1.54) is 6.07 Å². The first-order chi connectivity index (χ1) is 13.2. The van der Waals surface area contributed by atoms with Crippen LogP contribution in [0.15, 0.2) is 24.3 Å². The lowest BCUT2D eigenvalue weighted by Gasteiger charge is -2.21. The van der Waals surface area contributed by atoms with Crippen molar-refractivity contribution in [2.24, 2.45) is 11.8 Å². The van der Waals surface area contributed by atoms with Gasteiger partial charge in [0, 0.05) is 26.2 Å². The van der Waals surface area contributed by atoms with Gasteiger partial charge in [0.05, 0.1) is 23.1 Å². The number of urea groups is 1. The van der Waals surface area contributed by atoms with E-state index in [0.717, 1.165) is 17.7 Å². The molecule has 2 heterocycles. The summed E-state index contributed by atoms with van der Waals surface area (Å²) in [7, 11) is 0. The first-order valence-electron chi connectivity index (χ1n) is 8.92. The van der Waals surface area contributed by atoms with E-state index in [-0.39, 0.29) is 17.2 Å². The van der Waals surface area contributed by atoms with E-state index in [2.05, 4.69) is 5.32 Å². The molecule has 0 aromatic heterocycles. The number of carboxylic acid groups (broad SMARTS) is 1. The molecule has 2 atom stereocenters. The summed E-state index contributed by atoms with van der Waals surface area (Å²) in [6.07, 6.45) is -2.94. The Morgan fingerprint density at radius 1 is 1.04 bits per heavy atom. The van der Waals surface area contributed by atoms with E-state index in [4.69, 9.17) is 5.11 Å². The zero-order chi connectivity index (χ0) is 20.5. The molecule has 7 nitrogen and oxygen atoms in total.